The van der Waals surface area contributed by atoms with Crippen molar-refractivity contribution in [2.75, 3.05) is 30.9 Å². The number of nitrogens with zero attached hydrogens (tertiary/aromatic N) is 2. The summed E-state index contributed by atoms with van der Waals surface area (Å²) in [6.45, 7) is 1.42. The van der Waals surface area contributed by atoms with Gasteiger partial charge in [0.05, 0.1) is 6.67 Å². The number of benzene rings is 3. The van der Waals surface area contributed by atoms with Crippen LogP contribution in [0.5, 0.6) is 0 Å². The van der Waals surface area contributed by atoms with Gasteiger partial charge in [-0.05, 0) is 72.7 Å². The fraction of sp³-hybridized carbons (Fsp3) is 0.259. The molecule has 0 aromatic heterocycles. The second-order valence-corrected chi connectivity index (χ2v) is 9.55. The Kier molecular flexibility index (Phi) is 6.04. The van der Waals surface area contributed by atoms with E-state index in [1.165, 1.54) is 12.1 Å². The summed E-state index contributed by atoms with van der Waals surface area (Å²) in [5.74, 6) is -0.404. The minimum atomic E-state index is -0.647. The fourth-order valence-corrected chi connectivity index (χ4v) is 5.45. The lowest BCUT2D eigenvalue weighted by atomic mass is 9.85. The number of amides is 2. The average Bonchev–Trinajstić information content (AvgIpc) is 3.19. The average molecular weight is 476 g/mol. The third kappa shape index (κ3) is 3.94. The van der Waals surface area contributed by atoms with Crippen LogP contribution in [-0.2, 0) is 4.79 Å². The second kappa shape index (κ2) is 9.14. The minimum Gasteiger partial charge on any atom is -0.339 e. The van der Waals surface area contributed by atoms with Gasteiger partial charge < -0.3 is 15.1 Å². The number of halogens is 1. The predicted octanol–water partition coefficient (Wildman–Crippen LogP) is 4.78. The zero-order valence-corrected chi connectivity index (χ0v) is 19.8. The topological polar surface area (TPSA) is 52.7 Å². The van der Waals surface area contributed by atoms with Crippen LogP contribution in [0, 0.1) is 5.82 Å². The molecule has 2 amide bonds. The molecule has 2 aliphatic heterocycles. The predicted molar refractivity (Wildman–Crippen MR) is 133 cm³/mol. The number of hydrogen-bond donors (Lipinski definition) is 1. The number of thioether (sulfide) groups is 1. The number of nitrogens with one attached hydrogen (secondary N) is 1. The molecular weight excluding hydrogens is 449 g/mol. The summed E-state index contributed by atoms with van der Waals surface area (Å²) in [5.41, 5.74) is 2.31. The highest BCUT2D eigenvalue weighted by Crippen LogP contribution is 2.37. The first-order valence-electron chi connectivity index (χ1n) is 11.4. The molecule has 5 nitrogen and oxygen atoms in total. The number of anilines is 1. The summed E-state index contributed by atoms with van der Waals surface area (Å²) in [7, 11) is 0. The maximum atomic E-state index is 14.0. The number of carbonyl (C=O) groups excluding carboxylic acids is 2. The molecule has 3 aromatic carbocycles. The number of carbonyl (C=O) groups is 2. The number of rotatable bonds is 4. The molecule has 2 fully saturated rings. The van der Waals surface area contributed by atoms with Crippen molar-refractivity contribution >= 4 is 29.3 Å². The van der Waals surface area contributed by atoms with Gasteiger partial charge in [0.1, 0.15) is 11.4 Å². The lowest BCUT2D eigenvalue weighted by Gasteiger charge is -2.43. The van der Waals surface area contributed by atoms with Gasteiger partial charge in [-0.25, -0.2) is 4.39 Å². The Morgan fingerprint density at radius 2 is 1.76 bits per heavy atom. The molecule has 2 aliphatic rings. The number of likely N-dealkylation sites (tertiary alicyclic amines) is 1. The van der Waals surface area contributed by atoms with E-state index in [1.807, 2.05) is 65.8 Å². The van der Waals surface area contributed by atoms with Crippen LogP contribution in [0.2, 0.25) is 0 Å². The fourth-order valence-electron chi connectivity index (χ4n) is 5.01. The third-order valence-corrected chi connectivity index (χ3v) is 7.60. The van der Waals surface area contributed by atoms with Gasteiger partial charge in [-0.2, -0.15) is 0 Å². The zero-order chi connectivity index (χ0) is 23.7. The molecule has 3 aromatic rings. The molecule has 2 saturated heterocycles. The first kappa shape index (κ1) is 22.5. The molecule has 0 saturated carbocycles. The number of piperidine rings is 1. The van der Waals surface area contributed by atoms with E-state index >= 15 is 0 Å². The Balaban J connectivity index is 1.41. The van der Waals surface area contributed by atoms with Crippen LogP contribution in [0.1, 0.15) is 23.2 Å². The Morgan fingerprint density at radius 1 is 1.00 bits per heavy atom. The van der Waals surface area contributed by atoms with E-state index in [0.717, 1.165) is 16.1 Å². The lowest BCUT2D eigenvalue weighted by molar-refractivity contribution is -0.124. The quantitative estimate of drug-likeness (QED) is 0.552. The third-order valence-electron chi connectivity index (χ3n) is 6.88. The van der Waals surface area contributed by atoms with E-state index in [2.05, 4.69) is 10.2 Å². The van der Waals surface area contributed by atoms with E-state index in [1.54, 1.807) is 17.8 Å². The highest BCUT2D eigenvalue weighted by molar-refractivity contribution is 7.98. The van der Waals surface area contributed by atoms with Gasteiger partial charge in [0.25, 0.3) is 5.91 Å². The molecule has 1 N–H and O–H groups in total. The Bertz CT molecular complexity index is 1230. The molecule has 34 heavy (non-hydrogen) atoms. The van der Waals surface area contributed by atoms with Gasteiger partial charge in [0.15, 0.2) is 0 Å². The molecule has 7 heteroatoms. The van der Waals surface area contributed by atoms with E-state index in [9.17, 15) is 14.0 Å². The van der Waals surface area contributed by atoms with Gasteiger partial charge in [-0.15, -0.1) is 11.8 Å². The molecular formula is C27H26FN3O2S. The molecule has 174 valence electrons. The van der Waals surface area contributed by atoms with Crippen molar-refractivity contribution in [3.63, 3.8) is 0 Å². The Hall–Kier alpha value is -3.32. The molecule has 0 atom stereocenters. The summed E-state index contributed by atoms with van der Waals surface area (Å²) in [6, 6.07) is 22.0. The van der Waals surface area contributed by atoms with Crippen molar-refractivity contribution in [1.82, 2.24) is 10.2 Å². The van der Waals surface area contributed by atoms with Gasteiger partial charge in [0, 0.05) is 29.2 Å². The van der Waals surface area contributed by atoms with E-state index in [4.69, 9.17) is 0 Å². The largest absolute Gasteiger partial charge is 0.339 e. The van der Waals surface area contributed by atoms with Gasteiger partial charge in [-0.3, -0.25) is 9.59 Å². The van der Waals surface area contributed by atoms with E-state index < -0.39 is 5.54 Å². The molecule has 0 unspecified atom stereocenters. The monoisotopic (exact) mass is 475 g/mol. The van der Waals surface area contributed by atoms with Crippen LogP contribution in [0.3, 0.4) is 0 Å². The van der Waals surface area contributed by atoms with Crippen molar-refractivity contribution in [3.05, 3.63) is 84.2 Å². The van der Waals surface area contributed by atoms with Crippen molar-refractivity contribution in [3.8, 4) is 11.1 Å². The van der Waals surface area contributed by atoms with E-state index in [-0.39, 0.29) is 17.6 Å². The molecule has 2 heterocycles. The van der Waals surface area contributed by atoms with Crippen molar-refractivity contribution in [2.45, 2.75) is 23.3 Å². The maximum Gasteiger partial charge on any atom is 0.254 e. The second-order valence-electron chi connectivity index (χ2n) is 8.67. The summed E-state index contributed by atoms with van der Waals surface area (Å²) in [4.78, 5) is 31.5. The first-order chi connectivity index (χ1) is 16.5. The van der Waals surface area contributed by atoms with Crippen LogP contribution >= 0.6 is 11.8 Å². The highest BCUT2D eigenvalue weighted by Gasteiger charge is 2.50. The number of para-hydroxylation sites is 1. The van der Waals surface area contributed by atoms with Crippen LogP contribution in [0.4, 0.5) is 10.1 Å². The zero-order valence-electron chi connectivity index (χ0n) is 19.0. The maximum absolute atomic E-state index is 14.0. The standard InChI is InChI=1S/C27H26FN3O2S/c1-34-22-10-11-23(24(17-22)19-6-5-7-20(28)16-19)25(32)30-14-12-27(13-15-30)26(33)29-18-31(27)21-8-3-2-4-9-21/h2-11,16-17H,12-15,18H2,1H3,(H,29,33). The molecule has 0 bridgehead atoms. The number of hydrogen-bond acceptors (Lipinski definition) is 4. The summed E-state index contributed by atoms with van der Waals surface area (Å²) < 4.78 is 14.0. The van der Waals surface area contributed by atoms with Gasteiger partial charge in [-0.1, -0.05) is 30.3 Å². The SMILES string of the molecule is CSc1ccc(C(=O)N2CCC3(CC2)C(=O)NCN3c2ccccc2)c(-c2cccc(F)c2)c1. The van der Waals surface area contributed by atoms with E-state index in [0.29, 0.717) is 43.7 Å². The van der Waals surface area contributed by atoms with Gasteiger partial charge >= 0.3 is 0 Å². The van der Waals surface area contributed by atoms with Crippen LogP contribution in [0.25, 0.3) is 11.1 Å². The summed E-state index contributed by atoms with van der Waals surface area (Å²) >= 11 is 1.58. The first-order valence-corrected chi connectivity index (χ1v) is 12.6. The van der Waals surface area contributed by atoms with Crippen molar-refractivity contribution in [1.29, 1.82) is 0 Å². The van der Waals surface area contributed by atoms with Gasteiger partial charge in [0.2, 0.25) is 5.91 Å². The Labute approximate surface area is 202 Å². The van der Waals surface area contributed by atoms with Crippen LogP contribution < -0.4 is 10.2 Å². The summed E-state index contributed by atoms with van der Waals surface area (Å²) in [6.07, 6.45) is 3.08. The minimum absolute atomic E-state index is 0.0215. The van der Waals surface area contributed by atoms with Crippen molar-refractivity contribution < 1.29 is 14.0 Å². The normalized spacial score (nSPS) is 17.2. The molecule has 0 radical (unpaired) electrons. The lowest BCUT2D eigenvalue weighted by Crippen LogP contribution is -2.57. The molecule has 5 rings (SSSR count). The summed E-state index contributed by atoms with van der Waals surface area (Å²) in [5, 5.41) is 3.00. The van der Waals surface area contributed by atoms with Crippen LogP contribution in [-0.4, -0.2) is 48.3 Å². The Morgan fingerprint density at radius 3 is 2.47 bits per heavy atom. The molecule has 1 spiro atoms. The molecule has 0 aliphatic carbocycles. The van der Waals surface area contributed by atoms with Crippen LogP contribution in [0.15, 0.2) is 77.7 Å². The smallest absolute Gasteiger partial charge is 0.254 e. The highest BCUT2D eigenvalue weighted by atomic mass is 32.2. The van der Waals surface area contributed by atoms with Crippen molar-refractivity contribution in [2.24, 2.45) is 0 Å².